The summed E-state index contributed by atoms with van der Waals surface area (Å²) in [4.78, 5) is 25.8. The third kappa shape index (κ3) is 2.18. The maximum atomic E-state index is 10.4. The predicted molar refractivity (Wildman–Crippen MR) is 35.4 cm³/mol. The van der Waals surface area contributed by atoms with E-state index >= 15 is 0 Å². The number of carboxylic acid groups (broad SMARTS) is 1. The fraction of sp³-hybridized carbons (Fsp3) is 0. The van der Waals surface area contributed by atoms with Gasteiger partial charge in [-0.25, -0.2) is 14.6 Å². The zero-order valence-corrected chi connectivity index (χ0v) is 5.37. The van der Waals surface area contributed by atoms with Crippen LogP contribution in [0.25, 0.3) is 0 Å². The summed E-state index contributed by atoms with van der Waals surface area (Å²) in [6.07, 6.45) is 1.14. The average Bonchev–Trinajstić information content (AvgIpc) is 1.88. The van der Waals surface area contributed by atoms with E-state index in [-0.39, 0.29) is 11.2 Å². The van der Waals surface area contributed by atoms with Crippen molar-refractivity contribution in [2.45, 2.75) is 0 Å². The van der Waals surface area contributed by atoms with Gasteiger partial charge in [-0.05, 0) is 6.07 Å². The molecule has 4 N–H and O–H groups in total. The lowest BCUT2D eigenvalue weighted by atomic mass is 10.4. The van der Waals surface area contributed by atoms with Crippen LogP contribution in [0.3, 0.4) is 0 Å². The molecule has 1 heterocycles. The molecular weight excluding hydrogens is 152 g/mol. The number of carbonyl (C=O) groups is 1. The molecule has 0 bridgehead atoms. The second kappa shape index (κ2) is 3.47. The largest absolute Gasteiger partial charge is 0.477 e. The molecule has 0 aromatic carbocycles. The molecule has 0 saturated heterocycles. The molecule has 6 heteroatoms. The molecule has 0 radical (unpaired) electrons. The standard InChI is InChI=1S/C5H4N2O3.H2O/c8-4(9)3-1-2-6-5(10)7-3;/h1-2H,(H,8,9)(H,6,7,10);1H2. The van der Waals surface area contributed by atoms with Crippen LogP contribution in [0.5, 0.6) is 0 Å². The molecule has 0 saturated carbocycles. The van der Waals surface area contributed by atoms with E-state index in [2.05, 4.69) is 4.98 Å². The van der Waals surface area contributed by atoms with Crippen LogP contribution in [0.4, 0.5) is 0 Å². The molecule has 0 amide bonds. The first-order valence-corrected chi connectivity index (χ1v) is 2.49. The number of hydrogen-bond acceptors (Lipinski definition) is 3. The zero-order chi connectivity index (χ0) is 7.56. The highest BCUT2D eigenvalue weighted by atomic mass is 16.4. The zero-order valence-electron chi connectivity index (χ0n) is 5.37. The van der Waals surface area contributed by atoms with E-state index in [1.165, 1.54) is 6.07 Å². The first-order valence-electron chi connectivity index (χ1n) is 2.49. The van der Waals surface area contributed by atoms with Gasteiger partial charge in [-0.3, -0.25) is 4.98 Å². The highest BCUT2D eigenvalue weighted by Crippen LogP contribution is 1.85. The van der Waals surface area contributed by atoms with Crippen molar-refractivity contribution in [1.82, 2.24) is 9.97 Å². The Balaban J connectivity index is 0.000001000. The van der Waals surface area contributed by atoms with Gasteiger partial charge in [0.1, 0.15) is 5.69 Å². The fourth-order valence-electron chi connectivity index (χ4n) is 0.493. The molecule has 0 aliphatic rings. The van der Waals surface area contributed by atoms with E-state index < -0.39 is 11.7 Å². The predicted octanol–water partition coefficient (Wildman–Crippen LogP) is -1.36. The van der Waals surface area contributed by atoms with Crippen molar-refractivity contribution in [3.05, 3.63) is 28.4 Å². The Hall–Kier alpha value is -1.69. The Kier molecular flexibility index (Phi) is 2.94. The van der Waals surface area contributed by atoms with Crippen molar-refractivity contribution in [3.63, 3.8) is 0 Å². The third-order valence-electron chi connectivity index (χ3n) is 0.905. The SMILES string of the molecule is O.O=C(O)c1ccnc(=O)[nH]1. The lowest BCUT2D eigenvalue weighted by Gasteiger charge is -1.88. The lowest BCUT2D eigenvalue weighted by molar-refractivity contribution is 0.0690. The number of aromatic amines is 1. The highest BCUT2D eigenvalue weighted by Gasteiger charge is 2.00. The van der Waals surface area contributed by atoms with Crippen molar-refractivity contribution in [2.75, 3.05) is 0 Å². The first-order chi connectivity index (χ1) is 4.70. The monoisotopic (exact) mass is 158 g/mol. The summed E-state index contributed by atoms with van der Waals surface area (Å²) in [5.41, 5.74) is -0.806. The number of nitrogens with zero attached hydrogens (tertiary/aromatic N) is 1. The van der Waals surface area contributed by atoms with Crippen molar-refractivity contribution < 1.29 is 15.4 Å². The summed E-state index contributed by atoms with van der Waals surface area (Å²) in [7, 11) is 0. The number of hydrogen-bond donors (Lipinski definition) is 2. The third-order valence-corrected chi connectivity index (χ3v) is 0.905. The van der Waals surface area contributed by atoms with Crippen LogP contribution in [0, 0.1) is 0 Å². The van der Waals surface area contributed by atoms with Gasteiger partial charge in [-0.2, -0.15) is 0 Å². The lowest BCUT2D eigenvalue weighted by Crippen LogP contribution is -2.14. The van der Waals surface area contributed by atoms with Crippen LogP contribution < -0.4 is 5.69 Å². The van der Waals surface area contributed by atoms with E-state index in [4.69, 9.17) is 5.11 Å². The molecule has 0 unspecified atom stereocenters. The molecule has 0 fully saturated rings. The number of H-pyrrole nitrogens is 1. The number of nitrogens with one attached hydrogen (secondary N) is 1. The van der Waals surface area contributed by atoms with Crippen molar-refractivity contribution in [3.8, 4) is 0 Å². The van der Waals surface area contributed by atoms with E-state index in [0.717, 1.165) is 6.20 Å². The smallest absolute Gasteiger partial charge is 0.352 e. The molecule has 60 valence electrons. The molecule has 1 rings (SSSR count). The number of rotatable bonds is 1. The van der Waals surface area contributed by atoms with Gasteiger partial charge in [0.2, 0.25) is 0 Å². The van der Waals surface area contributed by atoms with Crippen LogP contribution in [-0.2, 0) is 0 Å². The van der Waals surface area contributed by atoms with E-state index in [1.807, 2.05) is 4.98 Å². The molecular formula is C5H6N2O4. The molecule has 0 aliphatic heterocycles. The molecule has 0 atom stereocenters. The summed E-state index contributed by atoms with van der Waals surface area (Å²) in [6, 6.07) is 1.21. The van der Waals surface area contributed by atoms with Gasteiger partial charge in [0.05, 0.1) is 0 Å². The van der Waals surface area contributed by atoms with Crippen LogP contribution in [0.2, 0.25) is 0 Å². The van der Waals surface area contributed by atoms with Crippen LogP contribution >= 0.6 is 0 Å². The fourth-order valence-corrected chi connectivity index (χ4v) is 0.493. The maximum Gasteiger partial charge on any atom is 0.352 e. The Morgan fingerprint density at radius 2 is 2.27 bits per heavy atom. The summed E-state index contributed by atoms with van der Waals surface area (Å²) in [6.45, 7) is 0. The Bertz CT molecular complexity index is 305. The average molecular weight is 158 g/mol. The minimum absolute atomic E-state index is 0. The topological polar surface area (TPSA) is 115 Å². The number of carboxylic acids is 1. The van der Waals surface area contributed by atoms with Gasteiger partial charge in [0.25, 0.3) is 0 Å². The van der Waals surface area contributed by atoms with Crippen molar-refractivity contribution >= 4 is 5.97 Å². The molecule has 0 aliphatic carbocycles. The summed E-state index contributed by atoms with van der Waals surface area (Å²) in [5, 5.41) is 8.31. The first kappa shape index (κ1) is 9.31. The molecule has 11 heavy (non-hydrogen) atoms. The number of aromatic nitrogens is 2. The summed E-state index contributed by atoms with van der Waals surface area (Å²) in [5.74, 6) is -1.17. The summed E-state index contributed by atoms with van der Waals surface area (Å²) >= 11 is 0. The van der Waals surface area contributed by atoms with Gasteiger partial charge in [-0.15, -0.1) is 0 Å². The molecule has 1 aromatic heterocycles. The van der Waals surface area contributed by atoms with Crippen LogP contribution in [0.15, 0.2) is 17.1 Å². The van der Waals surface area contributed by atoms with Gasteiger partial charge in [-0.1, -0.05) is 0 Å². The second-order valence-electron chi connectivity index (χ2n) is 1.59. The minimum Gasteiger partial charge on any atom is -0.477 e. The normalized spacial score (nSPS) is 8.36. The van der Waals surface area contributed by atoms with Crippen LogP contribution in [0.1, 0.15) is 10.5 Å². The Labute approximate surface area is 60.8 Å². The Morgan fingerprint density at radius 3 is 2.64 bits per heavy atom. The van der Waals surface area contributed by atoms with Crippen molar-refractivity contribution in [2.24, 2.45) is 0 Å². The van der Waals surface area contributed by atoms with Crippen molar-refractivity contribution in [1.29, 1.82) is 0 Å². The molecule has 0 spiro atoms. The van der Waals surface area contributed by atoms with E-state index in [1.54, 1.807) is 0 Å². The van der Waals surface area contributed by atoms with E-state index in [0.29, 0.717) is 0 Å². The molecule has 6 nitrogen and oxygen atoms in total. The maximum absolute atomic E-state index is 10.4. The van der Waals surface area contributed by atoms with Gasteiger partial charge >= 0.3 is 11.7 Å². The van der Waals surface area contributed by atoms with E-state index in [9.17, 15) is 9.59 Å². The number of aromatic carboxylic acids is 1. The quantitative estimate of drug-likeness (QED) is 0.525. The van der Waals surface area contributed by atoms with Gasteiger partial charge < -0.3 is 10.6 Å². The second-order valence-corrected chi connectivity index (χ2v) is 1.59. The molecule has 1 aromatic rings. The van der Waals surface area contributed by atoms with Gasteiger partial charge in [0.15, 0.2) is 0 Å². The Morgan fingerprint density at radius 1 is 1.64 bits per heavy atom. The van der Waals surface area contributed by atoms with Gasteiger partial charge in [0, 0.05) is 6.20 Å². The van der Waals surface area contributed by atoms with Crippen LogP contribution in [-0.4, -0.2) is 26.5 Å². The summed E-state index contributed by atoms with van der Waals surface area (Å²) < 4.78 is 0. The highest BCUT2D eigenvalue weighted by molar-refractivity contribution is 5.84. The minimum atomic E-state index is -1.17.